The van der Waals surface area contributed by atoms with Crippen molar-refractivity contribution in [2.45, 2.75) is 58.2 Å². The van der Waals surface area contributed by atoms with Crippen LogP contribution in [0.25, 0.3) is 0 Å². The van der Waals surface area contributed by atoms with E-state index in [-0.39, 0.29) is 18.3 Å². The summed E-state index contributed by atoms with van der Waals surface area (Å²) in [5, 5.41) is 11.3. The van der Waals surface area contributed by atoms with Gasteiger partial charge in [-0.25, -0.2) is 9.79 Å². The highest BCUT2D eigenvalue weighted by molar-refractivity contribution is 5.89. The van der Waals surface area contributed by atoms with Crippen LogP contribution in [0.4, 0.5) is 0 Å². The van der Waals surface area contributed by atoms with Gasteiger partial charge in [-0.15, -0.1) is 5.11 Å². The molecule has 0 saturated heterocycles. The van der Waals surface area contributed by atoms with Crippen molar-refractivity contribution in [3.63, 3.8) is 0 Å². The van der Waals surface area contributed by atoms with Crippen LogP contribution >= 0.6 is 0 Å². The Labute approximate surface area is 153 Å². The number of methoxy groups -OCH3 is 1. The third kappa shape index (κ3) is 4.80. The van der Waals surface area contributed by atoms with E-state index in [1.165, 1.54) is 7.11 Å². The van der Waals surface area contributed by atoms with Gasteiger partial charge in [0, 0.05) is 26.0 Å². The molecule has 0 bridgehead atoms. The molecule has 0 radical (unpaired) electrons. The maximum absolute atomic E-state index is 12.4. The van der Waals surface area contributed by atoms with Crippen molar-refractivity contribution >= 4 is 18.5 Å². The minimum Gasteiger partial charge on any atom is -0.467 e. The molecular formula is C17H27N5O4. The average Bonchev–Trinajstić information content (AvgIpc) is 2.65. The molecule has 0 aromatic heterocycles. The van der Waals surface area contributed by atoms with Crippen LogP contribution in [0.15, 0.2) is 32.0 Å². The number of azo groups is 1. The third-order valence-electron chi connectivity index (χ3n) is 4.61. The Morgan fingerprint density at radius 3 is 2.65 bits per heavy atom. The van der Waals surface area contributed by atoms with Crippen molar-refractivity contribution < 1.29 is 19.0 Å². The number of carbonyl (C=O) groups is 1. The molecule has 1 N–H and O–H groups in total. The fraction of sp³-hybridized carbons (Fsp3) is 0.706. The fourth-order valence-electron chi connectivity index (χ4n) is 3.03. The molecule has 144 valence electrons. The number of hydrogen-bond donors (Lipinski definition) is 1. The molecule has 1 fully saturated rings. The van der Waals surface area contributed by atoms with Gasteiger partial charge in [-0.2, -0.15) is 10.2 Å². The van der Waals surface area contributed by atoms with Crippen molar-refractivity contribution in [2.24, 2.45) is 26.2 Å². The van der Waals surface area contributed by atoms with Gasteiger partial charge in [0.05, 0.1) is 7.11 Å². The van der Waals surface area contributed by atoms with Crippen LogP contribution in [0, 0.1) is 5.92 Å². The zero-order valence-electron chi connectivity index (χ0n) is 15.7. The average molecular weight is 365 g/mol. The van der Waals surface area contributed by atoms with E-state index in [1.807, 2.05) is 6.92 Å². The number of amidine groups is 1. The molecule has 1 spiro atoms. The van der Waals surface area contributed by atoms with E-state index in [0.717, 1.165) is 19.3 Å². The van der Waals surface area contributed by atoms with E-state index in [9.17, 15) is 4.79 Å². The summed E-state index contributed by atoms with van der Waals surface area (Å²) in [6, 6.07) is 0. The zero-order valence-corrected chi connectivity index (χ0v) is 15.7. The molecule has 2 aliphatic rings. The van der Waals surface area contributed by atoms with Crippen LogP contribution in [0.5, 0.6) is 0 Å². The second-order valence-corrected chi connectivity index (χ2v) is 6.21. The molecule has 9 heteroatoms. The minimum absolute atomic E-state index is 0.0305. The van der Waals surface area contributed by atoms with E-state index in [0.29, 0.717) is 31.0 Å². The Kier molecular flexibility index (Phi) is 7.11. The number of nitrogens with one attached hydrogen (secondary N) is 1. The smallest absolute Gasteiger partial charge is 0.369 e. The number of hydrazone groups is 1. The number of carbonyl (C=O) groups excluding carboxylic acids is 1. The molecule has 0 atom stereocenters. The van der Waals surface area contributed by atoms with E-state index in [2.05, 4.69) is 39.4 Å². The lowest BCUT2D eigenvalue weighted by atomic mass is 9.83. The van der Waals surface area contributed by atoms with Crippen LogP contribution in [0.3, 0.4) is 0 Å². The van der Waals surface area contributed by atoms with Gasteiger partial charge in [0.1, 0.15) is 5.84 Å². The van der Waals surface area contributed by atoms with Gasteiger partial charge in [0.25, 0.3) is 11.5 Å². The molecule has 1 aliphatic heterocycles. The minimum atomic E-state index is -0.944. The molecule has 1 aliphatic carbocycles. The Balaban J connectivity index is 2.07. The molecular weight excluding hydrogens is 338 g/mol. The molecule has 0 aromatic carbocycles. The highest BCUT2D eigenvalue weighted by atomic mass is 16.8. The van der Waals surface area contributed by atoms with Crippen molar-refractivity contribution in [2.75, 3.05) is 13.8 Å². The Morgan fingerprint density at radius 1 is 1.35 bits per heavy atom. The Morgan fingerprint density at radius 2 is 2.08 bits per heavy atom. The standard InChI is InChI=1S/C17H27N5O4/c1-5-12-7-9-17(10-8-12)25-15(23)14(16(24-4)26-17)22-20-11-19-13(6-2)21-18-3/h12H,3,5-11H2,1-2,4H3,(H,19,21). The predicted octanol–water partition coefficient (Wildman–Crippen LogP) is 3.10. The third-order valence-corrected chi connectivity index (χ3v) is 4.61. The summed E-state index contributed by atoms with van der Waals surface area (Å²) in [5.41, 5.74) is 2.57. The van der Waals surface area contributed by atoms with E-state index >= 15 is 0 Å². The van der Waals surface area contributed by atoms with Gasteiger partial charge >= 0.3 is 11.9 Å². The van der Waals surface area contributed by atoms with Crippen molar-refractivity contribution in [1.29, 1.82) is 0 Å². The first-order valence-corrected chi connectivity index (χ1v) is 8.90. The van der Waals surface area contributed by atoms with Crippen molar-refractivity contribution in [3.8, 4) is 0 Å². The van der Waals surface area contributed by atoms with E-state index in [4.69, 9.17) is 14.2 Å². The molecule has 1 heterocycles. The predicted molar refractivity (Wildman–Crippen MR) is 96.3 cm³/mol. The van der Waals surface area contributed by atoms with E-state index in [1.54, 1.807) is 0 Å². The number of hydrogen-bond acceptors (Lipinski definition) is 8. The first kappa shape index (κ1) is 19.9. The number of nitrogens with zero attached hydrogens (tertiary/aromatic N) is 4. The summed E-state index contributed by atoms with van der Waals surface area (Å²) >= 11 is 0. The maximum atomic E-state index is 12.4. The second-order valence-electron chi connectivity index (χ2n) is 6.21. The summed E-state index contributed by atoms with van der Waals surface area (Å²) in [6.07, 6.45) is 4.98. The van der Waals surface area contributed by atoms with Crippen LogP contribution in [0.2, 0.25) is 0 Å². The lowest BCUT2D eigenvalue weighted by molar-refractivity contribution is -0.255. The molecule has 1 saturated carbocycles. The molecule has 26 heavy (non-hydrogen) atoms. The largest absolute Gasteiger partial charge is 0.467 e. The second kappa shape index (κ2) is 9.30. The highest BCUT2D eigenvalue weighted by Crippen LogP contribution is 2.41. The number of esters is 1. The lowest BCUT2D eigenvalue weighted by Gasteiger charge is -2.41. The molecule has 0 amide bonds. The molecule has 0 aromatic rings. The topological polar surface area (TPSA) is 106 Å². The maximum Gasteiger partial charge on any atom is 0.369 e. The van der Waals surface area contributed by atoms with Gasteiger partial charge in [0.15, 0.2) is 6.67 Å². The number of aliphatic imine (C=N–C) groups is 1. The van der Waals surface area contributed by atoms with Gasteiger partial charge in [-0.05, 0) is 18.8 Å². The number of rotatable bonds is 7. The van der Waals surface area contributed by atoms with Gasteiger partial charge < -0.3 is 14.2 Å². The Bertz CT molecular complexity index is 606. The Hall–Kier alpha value is -2.45. The quantitative estimate of drug-likeness (QED) is 0.245. The first-order valence-electron chi connectivity index (χ1n) is 8.90. The highest BCUT2D eigenvalue weighted by Gasteiger charge is 2.47. The van der Waals surface area contributed by atoms with Crippen LogP contribution in [-0.2, 0) is 19.0 Å². The van der Waals surface area contributed by atoms with Crippen molar-refractivity contribution in [3.05, 3.63) is 11.6 Å². The van der Waals surface area contributed by atoms with Crippen LogP contribution < -0.4 is 5.43 Å². The van der Waals surface area contributed by atoms with E-state index < -0.39 is 11.8 Å². The zero-order chi connectivity index (χ0) is 19.0. The normalized spacial score (nSPS) is 26.7. The lowest BCUT2D eigenvalue weighted by Crippen LogP contribution is -2.45. The summed E-state index contributed by atoms with van der Waals surface area (Å²) in [6.45, 7) is 7.45. The molecule has 9 nitrogen and oxygen atoms in total. The van der Waals surface area contributed by atoms with Crippen LogP contribution in [-0.4, -0.2) is 38.1 Å². The fourth-order valence-corrected chi connectivity index (χ4v) is 3.03. The first-order chi connectivity index (χ1) is 12.6. The summed E-state index contributed by atoms with van der Waals surface area (Å²) in [7, 11) is 1.43. The van der Waals surface area contributed by atoms with Crippen molar-refractivity contribution in [1.82, 2.24) is 5.43 Å². The summed E-state index contributed by atoms with van der Waals surface area (Å²) < 4.78 is 16.7. The molecule has 2 rings (SSSR count). The molecule has 0 unspecified atom stereocenters. The van der Waals surface area contributed by atoms with Crippen LogP contribution in [0.1, 0.15) is 52.4 Å². The van der Waals surface area contributed by atoms with Gasteiger partial charge in [0.2, 0.25) is 0 Å². The summed E-state index contributed by atoms with van der Waals surface area (Å²) in [5.74, 6) is -0.222. The van der Waals surface area contributed by atoms with Gasteiger partial charge in [-0.1, -0.05) is 20.3 Å². The van der Waals surface area contributed by atoms with Gasteiger partial charge in [-0.3, -0.25) is 5.43 Å². The number of ether oxygens (including phenoxy) is 3. The monoisotopic (exact) mass is 365 g/mol. The summed E-state index contributed by atoms with van der Waals surface area (Å²) in [4.78, 5) is 16.6. The SMILES string of the molecule is C=NN/C(CC)=N\CN=NC1=C(OC)OC2(CCC(CC)CC2)OC1=O.